The number of aromatic amines is 1. The number of rotatable bonds is 7. The van der Waals surface area contributed by atoms with Crippen LogP contribution in [0.15, 0.2) is 39.0 Å². The molecule has 0 bridgehead atoms. The molecule has 10 nitrogen and oxygen atoms in total. The summed E-state index contributed by atoms with van der Waals surface area (Å²) in [5.41, 5.74) is 0.557. The number of methoxy groups -OCH3 is 1. The predicted molar refractivity (Wildman–Crippen MR) is 117 cm³/mol. The van der Waals surface area contributed by atoms with Crippen LogP contribution in [0.5, 0.6) is 5.88 Å². The van der Waals surface area contributed by atoms with E-state index in [0.717, 1.165) is 15.8 Å². The average Bonchev–Trinajstić information content (AvgIpc) is 3.15. The maximum atomic E-state index is 12.5. The van der Waals surface area contributed by atoms with Gasteiger partial charge in [-0.25, -0.2) is 9.80 Å². The van der Waals surface area contributed by atoms with Gasteiger partial charge < -0.3 is 14.7 Å². The molecule has 0 saturated heterocycles. The number of benzene rings is 1. The highest BCUT2D eigenvalue weighted by Gasteiger charge is 2.34. The molecule has 1 aliphatic heterocycles. The number of nitrogens with one attached hydrogen (secondary N) is 1. The van der Waals surface area contributed by atoms with Crippen LogP contribution in [0, 0.1) is 0 Å². The van der Waals surface area contributed by atoms with Gasteiger partial charge in [0, 0.05) is 53.4 Å². The van der Waals surface area contributed by atoms with Crippen molar-refractivity contribution in [3.8, 4) is 5.88 Å². The fourth-order valence-electron chi connectivity index (χ4n) is 3.60. The highest BCUT2D eigenvalue weighted by Crippen LogP contribution is 2.34. The molecule has 3 rings (SSSR count). The highest BCUT2D eigenvalue weighted by molar-refractivity contribution is 6.04. The van der Waals surface area contributed by atoms with Crippen molar-refractivity contribution in [2.75, 3.05) is 32.7 Å². The topological polar surface area (TPSA) is 120 Å². The minimum atomic E-state index is -0.739. The minimum Gasteiger partial charge on any atom is -0.494 e. The van der Waals surface area contributed by atoms with E-state index < -0.39 is 23.2 Å². The van der Waals surface area contributed by atoms with Crippen LogP contribution in [-0.4, -0.2) is 59.1 Å². The fourth-order valence-corrected chi connectivity index (χ4v) is 3.60. The predicted octanol–water partition coefficient (Wildman–Crippen LogP) is 1.04. The number of ether oxygens (including phenoxy) is 1. The van der Waals surface area contributed by atoms with Gasteiger partial charge in [0.1, 0.15) is 5.56 Å². The lowest BCUT2D eigenvalue weighted by atomic mass is 9.99. The van der Waals surface area contributed by atoms with E-state index >= 15 is 0 Å². The van der Waals surface area contributed by atoms with Crippen molar-refractivity contribution in [1.29, 1.82) is 0 Å². The van der Waals surface area contributed by atoms with E-state index in [0.29, 0.717) is 13.0 Å². The second-order valence-corrected chi connectivity index (χ2v) is 7.57. The Kier molecular flexibility index (Phi) is 6.59. The summed E-state index contributed by atoms with van der Waals surface area (Å²) >= 11 is 0. The molecule has 31 heavy (non-hydrogen) atoms. The van der Waals surface area contributed by atoms with Crippen LogP contribution in [0.2, 0.25) is 0 Å². The average molecular weight is 429 g/mol. The van der Waals surface area contributed by atoms with Crippen molar-refractivity contribution in [3.63, 3.8) is 0 Å². The SMILES string of the molecule is COCCCn1c(O)c(C2=NN(C(C)=O)C(c3ccc(N(C)C)cc3)C2)c(=O)[nH]c1=O. The molecular formula is C21H27N5O5. The first-order valence-corrected chi connectivity index (χ1v) is 9.94. The number of nitrogens with zero attached hydrogens (tertiary/aromatic N) is 4. The van der Waals surface area contributed by atoms with Gasteiger partial charge in [-0.1, -0.05) is 12.1 Å². The number of anilines is 1. The molecule has 0 aliphatic carbocycles. The Morgan fingerprint density at radius 3 is 2.55 bits per heavy atom. The van der Waals surface area contributed by atoms with Crippen molar-refractivity contribution < 1.29 is 14.6 Å². The molecule has 1 aromatic carbocycles. The Balaban J connectivity index is 1.99. The molecular weight excluding hydrogens is 402 g/mol. The van der Waals surface area contributed by atoms with E-state index in [1.807, 2.05) is 43.3 Å². The van der Waals surface area contributed by atoms with Gasteiger partial charge in [0.25, 0.3) is 5.56 Å². The number of hydrogen-bond donors (Lipinski definition) is 2. The first-order valence-electron chi connectivity index (χ1n) is 9.94. The number of aromatic hydroxyl groups is 1. The Morgan fingerprint density at radius 2 is 1.97 bits per heavy atom. The van der Waals surface area contributed by atoms with E-state index in [9.17, 15) is 19.5 Å². The van der Waals surface area contributed by atoms with Crippen molar-refractivity contribution in [3.05, 3.63) is 56.2 Å². The van der Waals surface area contributed by atoms with Crippen molar-refractivity contribution in [2.45, 2.75) is 32.4 Å². The number of carbonyl (C=O) groups is 1. The largest absolute Gasteiger partial charge is 0.494 e. The third-order valence-corrected chi connectivity index (χ3v) is 5.22. The summed E-state index contributed by atoms with van der Waals surface area (Å²) < 4.78 is 6.06. The summed E-state index contributed by atoms with van der Waals surface area (Å²) in [6.45, 7) is 1.95. The first kappa shape index (κ1) is 22.3. The number of hydrogen-bond acceptors (Lipinski definition) is 7. The summed E-state index contributed by atoms with van der Waals surface area (Å²) in [6, 6.07) is 7.27. The smallest absolute Gasteiger partial charge is 0.331 e. The molecule has 0 spiro atoms. The summed E-state index contributed by atoms with van der Waals surface area (Å²) in [7, 11) is 5.41. The van der Waals surface area contributed by atoms with Crippen molar-refractivity contribution >= 4 is 17.3 Å². The van der Waals surface area contributed by atoms with Crippen LogP contribution in [-0.2, 0) is 16.1 Å². The third-order valence-electron chi connectivity index (χ3n) is 5.22. The molecule has 1 aromatic heterocycles. The molecule has 2 aromatic rings. The molecule has 2 N–H and O–H groups in total. The second-order valence-electron chi connectivity index (χ2n) is 7.57. The van der Waals surface area contributed by atoms with E-state index in [1.54, 1.807) is 0 Å². The molecule has 166 valence electrons. The maximum Gasteiger partial charge on any atom is 0.331 e. The monoisotopic (exact) mass is 429 g/mol. The maximum absolute atomic E-state index is 12.5. The van der Waals surface area contributed by atoms with Gasteiger partial charge >= 0.3 is 5.69 Å². The van der Waals surface area contributed by atoms with Gasteiger partial charge in [0.05, 0.1) is 11.8 Å². The minimum absolute atomic E-state index is 0.101. The van der Waals surface area contributed by atoms with E-state index in [2.05, 4.69) is 10.1 Å². The Hall–Kier alpha value is -3.40. The molecule has 0 fully saturated rings. The van der Waals surface area contributed by atoms with Crippen molar-refractivity contribution in [2.24, 2.45) is 5.10 Å². The van der Waals surface area contributed by atoms with Gasteiger partial charge in [0.15, 0.2) is 0 Å². The summed E-state index contributed by atoms with van der Waals surface area (Å²) in [4.78, 5) is 41.1. The molecule has 10 heteroatoms. The quantitative estimate of drug-likeness (QED) is 0.635. The van der Waals surface area contributed by atoms with Crippen LogP contribution >= 0.6 is 0 Å². The number of aromatic nitrogens is 2. The molecule has 0 saturated carbocycles. The van der Waals surface area contributed by atoms with Crippen LogP contribution in [0.25, 0.3) is 0 Å². The van der Waals surface area contributed by atoms with Crippen LogP contribution in [0.1, 0.15) is 36.9 Å². The number of amides is 1. The molecule has 1 unspecified atom stereocenters. The normalized spacial score (nSPS) is 15.8. The number of H-pyrrole nitrogens is 1. The summed E-state index contributed by atoms with van der Waals surface area (Å²) in [5.74, 6) is -0.753. The lowest BCUT2D eigenvalue weighted by Crippen LogP contribution is -2.34. The highest BCUT2D eigenvalue weighted by atomic mass is 16.5. The van der Waals surface area contributed by atoms with Gasteiger partial charge in [-0.3, -0.25) is 19.1 Å². The summed E-state index contributed by atoms with van der Waals surface area (Å²) in [5, 5.41) is 16.3. The zero-order chi connectivity index (χ0) is 22.7. The Bertz CT molecular complexity index is 1100. The van der Waals surface area contributed by atoms with Gasteiger partial charge in [-0.05, 0) is 24.1 Å². The van der Waals surface area contributed by atoms with Gasteiger partial charge in [-0.2, -0.15) is 5.10 Å². The second kappa shape index (κ2) is 9.17. The molecule has 2 heterocycles. The van der Waals surface area contributed by atoms with Crippen LogP contribution < -0.4 is 16.1 Å². The van der Waals surface area contributed by atoms with Crippen LogP contribution in [0.3, 0.4) is 0 Å². The number of carbonyl (C=O) groups excluding carboxylic acids is 1. The van der Waals surface area contributed by atoms with Gasteiger partial charge in [0.2, 0.25) is 11.8 Å². The summed E-state index contributed by atoms with van der Waals surface area (Å²) in [6.07, 6.45) is 0.705. The fraction of sp³-hybridized carbons (Fsp3) is 0.429. The molecule has 1 aliphatic rings. The first-order chi connectivity index (χ1) is 14.7. The zero-order valence-electron chi connectivity index (χ0n) is 18.1. The van der Waals surface area contributed by atoms with Crippen LogP contribution in [0.4, 0.5) is 5.69 Å². The molecule has 0 radical (unpaired) electrons. The Labute approximate surface area is 179 Å². The Morgan fingerprint density at radius 1 is 1.29 bits per heavy atom. The standard InChI is InChI=1S/C21H27N5O5/c1-13(27)26-17(14-6-8-15(9-7-14)24(2)3)12-16(23-26)18-19(28)22-21(30)25(20(18)29)10-5-11-31-4/h6-9,17,29H,5,10-12H2,1-4H3,(H,22,28,30). The zero-order valence-corrected chi connectivity index (χ0v) is 18.1. The van der Waals surface area contributed by atoms with Gasteiger partial charge in [-0.15, -0.1) is 0 Å². The van der Waals surface area contributed by atoms with E-state index in [4.69, 9.17) is 4.74 Å². The van der Waals surface area contributed by atoms with E-state index in [1.165, 1.54) is 19.0 Å². The molecule has 1 atom stereocenters. The van der Waals surface area contributed by atoms with E-state index in [-0.39, 0.29) is 30.1 Å². The lowest BCUT2D eigenvalue weighted by Gasteiger charge is -2.21. The van der Waals surface area contributed by atoms with Crippen molar-refractivity contribution in [1.82, 2.24) is 14.6 Å². The lowest BCUT2D eigenvalue weighted by molar-refractivity contribution is -0.130. The molecule has 1 amide bonds. The third kappa shape index (κ3) is 4.53. The number of hydrazone groups is 1.